The van der Waals surface area contributed by atoms with Crippen molar-refractivity contribution in [2.24, 2.45) is 0 Å². The minimum Gasteiger partial charge on any atom is -0.294 e. The molecule has 0 aromatic rings. The lowest BCUT2D eigenvalue weighted by atomic mass is 10.1. The first-order valence-corrected chi connectivity index (χ1v) is 4.80. The third-order valence-electron chi connectivity index (χ3n) is 1.73. The van der Waals surface area contributed by atoms with Gasteiger partial charge in [-0.1, -0.05) is 25.2 Å². The Labute approximate surface area is 85.4 Å². The van der Waals surface area contributed by atoms with Crippen molar-refractivity contribution in [2.75, 3.05) is 0 Å². The highest BCUT2D eigenvalue weighted by Crippen LogP contribution is 1.97. The number of unbranched alkanes of at least 4 members (excludes halogenated alkanes) is 2. The number of hydrogen-bond donors (Lipinski definition) is 0. The lowest BCUT2D eigenvalue weighted by Gasteiger charge is -1.92. The molecule has 0 spiro atoms. The zero-order valence-electron chi connectivity index (χ0n) is 9.02. The van der Waals surface area contributed by atoms with Crippen molar-refractivity contribution in [1.82, 2.24) is 0 Å². The Kier molecular flexibility index (Phi) is 6.39. The van der Waals surface area contributed by atoms with Crippen LogP contribution in [0.25, 0.3) is 0 Å². The summed E-state index contributed by atoms with van der Waals surface area (Å²) in [5, 5.41) is 0. The quantitative estimate of drug-likeness (QED) is 0.225. The van der Waals surface area contributed by atoms with Gasteiger partial charge in [0.2, 0.25) is 0 Å². The first-order valence-electron chi connectivity index (χ1n) is 4.80. The highest BCUT2D eigenvalue weighted by molar-refractivity contribution is 6.18. The van der Waals surface area contributed by atoms with Crippen molar-refractivity contribution in [3.05, 3.63) is 11.6 Å². The summed E-state index contributed by atoms with van der Waals surface area (Å²) in [5.74, 6) is 5.18. The highest BCUT2D eigenvalue weighted by Gasteiger charge is 2.07. The zero-order valence-corrected chi connectivity index (χ0v) is 9.02. The molecule has 0 amide bonds. The molecule has 76 valence electrons. The Morgan fingerprint density at radius 2 is 1.79 bits per heavy atom. The molecule has 0 saturated heterocycles. The molecule has 0 fully saturated rings. The van der Waals surface area contributed by atoms with E-state index in [1.54, 1.807) is 0 Å². The maximum atomic E-state index is 10.9. The summed E-state index contributed by atoms with van der Waals surface area (Å²) in [6.07, 6.45) is 4.39. The van der Waals surface area contributed by atoms with Crippen molar-refractivity contribution < 1.29 is 9.59 Å². The van der Waals surface area contributed by atoms with Crippen LogP contribution in [0.1, 0.15) is 40.0 Å². The Morgan fingerprint density at radius 3 is 2.21 bits per heavy atom. The lowest BCUT2D eigenvalue weighted by Crippen LogP contribution is -2.05. The predicted molar refractivity (Wildman–Crippen MR) is 56.7 cm³/mol. The number of allylic oxidation sites excluding steroid dienone is 2. The summed E-state index contributed by atoms with van der Waals surface area (Å²) in [6.45, 7) is 4.84. The largest absolute Gasteiger partial charge is 0.294 e. The average Bonchev–Trinajstić information content (AvgIpc) is 2.09. The zero-order chi connectivity index (χ0) is 11.0. The van der Waals surface area contributed by atoms with E-state index in [4.69, 9.17) is 0 Å². The molecule has 0 aliphatic carbocycles. The van der Waals surface area contributed by atoms with Gasteiger partial charge in [-0.2, -0.15) is 0 Å². The van der Waals surface area contributed by atoms with E-state index in [9.17, 15) is 9.59 Å². The van der Waals surface area contributed by atoms with Crippen molar-refractivity contribution in [3.63, 3.8) is 0 Å². The molecule has 2 heteroatoms. The second kappa shape index (κ2) is 7.08. The van der Waals surface area contributed by atoms with Crippen molar-refractivity contribution in [3.8, 4) is 11.8 Å². The minimum absolute atomic E-state index is 0.189. The van der Waals surface area contributed by atoms with Gasteiger partial charge in [-0.05, 0) is 20.3 Å². The number of Topliss-reactive ketones (excluding diaryl/α,β-unsaturated/α-hetero) is 2. The van der Waals surface area contributed by atoms with Crippen molar-refractivity contribution >= 4 is 11.6 Å². The molecule has 0 atom stereocenters. The SMILES string of the molecule is CCCCC#CC=C(C(C)=O)C(C)=O. The molecule has 0 aliphatic rings. The van der Waals surface area contributed by atoms with Crippen LogP contribution in [0.15, 0.2) is 11.6 Å². The lowest BCUT2D eigenvalue weighted by molar-refractivity contribution is -0.119. The summed E-state index contributed by atoms with van der Waals surface area (Å²) < 4.78 is 0. The van der Waals surface area contributed by atoms with E-state index in [1.807, 2.05) is 0 Å². The minimum atomic E-state index is -0.220. The number of carbonyl (C=O) groups is 2. The van der Waals surface area contributed by atoms with E-state index in [1.165, 1.54) is 19.9 Å². The van der Waals surface area contributed by atoms with Crippen LogP contribution in [0.3, 0.4) is 0 Å². The maximum Gasteiger partial charge on any atom is 0.164 e. The monoisotopic (exact) mass is 192 g/mol. The van der Waals surface area contributed by atoms with Gasteiger partial charge in [0.15, 0.2) is 11.6 Å². The van der Waals surface area contributed by atoms with Gasteiger partial charge in [-0.3, -0.25) is 9.59 Å². The molecule has 0 radical (unpaired) electrons. The van der Waals surface area contributed by atoms with E-state index >= 15 is 0 Å². The fraction of sp³-hybridized carbons (Fsp3) is 0.500. The van der Waals surface area contributed by atoms with Crippen LogP contribution in [0.4, 0.5) is 0 Å². The summed E-state index contributed by atoms with van der Waals surface area (Å²) in [7, 11) is 0. The van der Waals surface area contributed by atoms with Crippen LogP contribution in [0.2, 0.25) is 0 Å². The molecule has 0 N–H and O–H groups in total. The first-order chi connectivity index (χ1) is 6.59. The van der Waals surface area contributed by atoms with Crippen LogP contribution < -0.4 is 0 Å². The molecule has 0 bridgehead atoms. The molecule has 0 saturated carbocycles. The summed E-state index contributed by atoms with van der Waals surface area (Å²) in [5.41, 5.74) is 0.189. The molecule has 0 heterocycles. The van der Waals surface area contributed by atoms with Gasteiger partial charge in [-0.25, -0.2) is 0 Å². The maximum absolute atomic E-state index is 10.9. The first kappa shape index (κ1) is 12.6. The fourth-order valence-electron chi connectivity index (χ4n) is 0.912. The van der Waals surface area contributed by atoms with E-state index < -0.39 is 0 Å². The second-order valence-electron chi connectivity index (χ2n) is 3.10. The molecule has 0 aromatic heterocycles. The molecular formula is C12H16O2. The predicted octanol–water partition coefficient (Wildman–Crippen LogP) is 2.28. The second-order valence-corrected chi connectivity index (χ2v) is 3.10. The molecule has 0 aromatic carbocycles. The molecule has 0 rings (SSSR count). The van der Waals surface area contributed by atoms with Crippen LogP contribution in [0.5, 0.6) is 0 Å². The van der Waals surface area contributed by atoms with Crippen LogP contribution in [0, 0.1) is 11.8 Å². The summed E-state index contributed by atoms with van der Waals surface area (Å²) in [6, 6.07) is 0. The Balaban J connectivity index is 4.35. The van der Waals surface area contributed by atoms with Crippen LogP contribution >= 0.6 is 0 Å². The third-order valence-corrected chi connectivity index (χ3v) is 1.73. The van der Waals surface area contributed by atoms with E-state index in [2.05, 4.69) is 18.8 Å². The third kappa shape index (κ3) is 5.31. The number of hydrogen-bond acceptors (Lipinski definition) is 2. The Bertz CT molecular complexity index is 284. The fourth-order valence-corrected chi connectivity index (χ4v) is 0.912. The average molecular weight is 192 g/mol. The number of ketones is 2. The molecular weight excluding hydrogens is 176 g/mol. The highest BCUT2D eigenvalue weighted by atomic mass is 16.1. The summed E-state index contributed by atoms with van der Waals surface area (Å²) >= 11 is 0. The molecule has 0 unspecified atom stereocenters. The Hall–Kier alpha value is -1.36. The van der Waals surface area contributed by atoms with Gasteiger partial charge in [0.1, 0.15) is 0 Å². The standard InChI is InChI=1S/C12H16O2/c1-4-5-6-7-8-9-12(10(2)13)11(3)14/h9H,4-6H2,1-3H3. The number of carbonyl (C=O) groups excluding carboxylic acids is 2. The van der Waals surface area contributed by atoms with E-state index in [0.717, 1.165) is 19.3 Å². The van der Waals surface area contributed by atoms with E-state index in [0.29, 0.717) is 0 Å². The van der Waals surface area contributed by atoms with Gasteiger partial charge >= 0.3 is 0 Å². The normalized spacial score (nSPS) is 8.50. The molecule has 2 nitrogen and oxygen atoms in total. The van der Waals surface area contributed by atoms with Gasteiger partial charge in [-0.15, -0.1) is 0 Å². The van der Waals surface area contributed by atoms with Crippen LogP contribution in [-0.2, 0) is 9.59 Å². The molecule has 14 heavy (non-hydrogen) atoms. The van der Waals surface area contributed by atoms with Crippen molar-refractivity contribution in [2.45, 2.75) is 40.0 Å². The van der Waals surface area contributed by atoms with Crippen LogP contribution in [-0.4, -0.2) is 11.6 Å². The smallest absolute Gasteiger partial charge is 0.164 e. The van der Waals surface area contributed by atoms with Crippen molar-refractivity contribution in [1.29, 1.82) is 0 Å². The van der Waals surface area contributed by atoms with Gasteiger partial charge in [0, 0.05) is 12.5 Å². The summed E-state index contributed by atoms with van der Waals surface area (Å²) in [4.78, 5) is 21.9. The number of rotatable bonds is 4. The van der Waals surface area contributed by atoms with E-state index in [-0.39, 0.29) is 17.1 Å². The van der Waals surface area contributed by atoms with Gasteiger partial charge < -0.3 is 0 Å². The van der Waals surface area contributed by atoms with Gasteiger partial charge in [0.25, 0.3) is 0 Å². The van der Waals surface area contributed by atoms with Gasteiger partial charge in [0.05, 0.1) is 5.57 Å². The topological polar surface area (TPSA) is 34.1 Å². The molecule has 0 aliphatic heterocycles. The Morgan fingerprint density at radius 1 is 1.21 bits per heavy atom.